The molecular weight excluding hydrogens is 204 g/mol. The van der Waals surface area contributed by atoms with Gasteiger partial charge in [-0.1, -0.05) is 6.92 Å². The van der Waals surface area contributed by atoms with Gasteiger partial charge in [0.25, 0.3) is 0 Å². The molecule has 0 aliphatic heterocycles. The van der Waals surface area contributed by atoms with Crippen LogP contribution in [-0.2, 0) is 0 Å². The van der Waals surface area contributed by atoms with Crippen molar-refractivity contribution in [1.29, 1.82) is 0 Å². The summed E-state index contributed by atoms with van der Waals surface area (Å²) in [5.74, 6) is 1.49. The molecule has 2 nitrogen and oxygen atoms in total. The predicted molar refractivity (Wildman–Crippen MR) is 65.5 cm³/mol. The van der Waals surface area contributed by atoms with Crippen molar-refractivity contribution >= 4 is 11.3 Å². The van der Waals surface area contributed by atoms with Crippen molar-refractivity contribution in [3.8, 4) is 0 Å². The third-order valence-corrected chi connectivity index (χ3v) is 4.28. The van der Waals surface area contributed by atoms with E-state index in [-0.39, 0.29) is 0 Å². The minimum absolute atomic E-state index is 0.546. The van der Waals surface area contributed by atoms with Gasteiger partial charge in [0, 0.05) is 29.6 Å². The lowest BCUT2D eigenvalue weighted by Gasteiger charge is -2.15. The number of nitrogens with one attached hydrogen (secondary N) is 1. The van der Waals surface area contributed by atoms with E-state index in [0.29, 0.717) is 12.0 Å². The van der Waals surface area contributed by atoms with Crippen LogP contribution in [0.2, 0.25) is 0 Å². The summed E-state index contributed by atoms with van der Waals surface area (Å²) in [6.07, 6.45) is 4.80. The monoisotopic (exact) mass is 224 g/mol. The standard InChI is InChI=1S/C12H20N2S/c1-8(12-14-7-9(2)15-12)6-13-10(3)11-4-5-11/h7-8,10-11,13H,4-6H2,1-3H3. The van der Waals surface area contributed by atoms with Crippen LogP contribution in [-0.4, -0.2) is 17.6 Å². The fraction of sp³-hybridized carbons (Fsp3) is 0.750. The van der Waals surface area contributed by atoms with Crippen LogP contribution in [0.25, 0.3) is 0 Å². The second-order valence-electron chi connectivity index (χ2n) is 4.74. The van der Waals surface area contributed by atoms with Crippen molar-refractivity contribution in [3.63, 3.8) is 0 Å². The minimum Gasteiger partial charge on any atom is -0.313 e. The first-order chi connectivity index (χ1) is 7.16. The molecular formula is C12H20N2S. The molecule has 0 amide bonds. The molecule has 1 saturated carbocycles. The van der Waals surface area contributed by atoms with Crippen molar-refractivity contribution in [1.82, 2.24) is 10.3 Å². The summed E-state index contributed by atoms with van der Waals surface area (Å²) in [6.45, 7) is 7.74. The van der Waals surface area contributed by atoms with E-state index in [1.807, 2.05) is 17.5 Å². The molecule has 84 valence electrons. The molecule has 2 rings (SSSR count). The second kappa shape index (κ2) is 4.62. The maximum atomic E-state index is 4.43. The molecule has 1 aromatic rings. The number of thiazole rings is 1. The van der Waals surface area contributed by atoms with E-state index < -0.39 is 0 Å². The molecule has 0 radical (unpaired) electrons. The Balaban J connectivity index is 1.78. The number of rotatable bonds is 5. The van der Waals surface area contributed by atoms with Crippen molar-refractivity contribution in [2.24, 2.45) is 5.92 Å². The predicted octanol–water partition coefficient (Wildman–Crippen LogP) is 2.94. The van der Waals surface area contributed by atoms with Crippen molar-refractivity contribution in [2.75, 3.05) is 6.54 Å². The van der Waals surface area contributed by atoms with Gasteiger partial charge in [0.1, 0.15) is 0 Å². The van der Waals surface area contributed by atoms with Gasteiger partial charge in [-0.2, -0.15) is 0 Å². The Labute approximate surface area is 96.1 Å². The Morgan fingerprint density at radius 3 is 2.80 bits per heavy atom. The summed E-state index contributed by atoms with van der Waals surface area (Å²) < 4.78 is 0. The normalized spacial score (nSPS) is 20.2. The van der Waals surface area contributed by atoms with Crippen LogP contribution in [0, 0.1) is 12.8 Å². The number of aryl methyl sites for hydroxylation is 1. The summed E-state index contributed by atoms with van der Waals surface area (Å²) in [7, 11) is 0. The molecule has 0 spiro atoms. The fourth-order valence-electron chi connectivity index (χ4n) is 1.81. The van der Waals surface area contributed by atoms with E-state index in [1.54, 1.807) is 0 Å². The van der Waals surface area contributed by atoms with Gasteiger partial charge >= 0.3 is 0 Å². The number of aromatic nitrogens is 1. The van der Waals surface area contributed by atoms with E-state index in [4.69, 9.17) is 0 Å². The Morgan fingerprint density at radius 2 is 2.27 bits per heavy atom. The first-order valence-corrected chi connectivity index (χ1v) is 6.64. The fourth-order valence-corrected chi connectivity index (χ4v) is 2.64. The molecule has 0 bridgehead atoms. The quantitative estimate of drug-likeness (QED) is 0.832. The maximum Gasteiger partial charge on any atom is 0.0968 e. The van der Waals surface area contributed by atoms with Crippen LogP contribution >= 0.6 is 11.3 Å². The summed E-state index contributed by atoms with van der Waals surface area (Å²) in [5, 5.41) is 4.89. The molecule has 1 aromatic heterocycles. The smallest absolute Gasteiger partial charge is 0.0968 e. The van der Waals surface area contributed by atoms with E-state index in [2.05, 4.69) is 31.1 Å². The molecule has 2 unspecified atom stereocenters. The lowest BCUT2D eigenvalue weighted by atomic mass is 10.1. The van der Waals surface area contributed by atoms with Crippen LogP contribution in [0.5, 0.6) is 0 Å². The SMILES string of the molecule is Cc1cnc(C(C)CNC(C)C2CC2)s1. The minimum atomic E-state index is 0.546. The van der Waals surface area contributed by atoms with Crippen molar-refractivity contribution in [3.05, 3.63) is 16.1 Å². The van der Waals surface area contributed by atoms with Crippen LogP contribution in [0.1, 0.15) is 42.5 Å². The molecule has 2 atom stereocenters. The van der Waals surface area contributed by atoms with E-state index in [0.717, 1.165) is 12.5 Å². The van der Waals surface area contributed by atoms with Crippen LogP contribution in [0.4, 0.5) is 0 Å². The zero-order valence-corrected chi connectivity index (χ0v) is 10.6. The summed E-state index contributed by atoms with van der Waals surface area (Å²) in [5.41, 5.74) is 0. The highest BCUT2D eigenvalue weighted by Gasteiger charge is 2.27. The Hall–Kier alpha value is -0.410. The number of nitrogens with zero attached hydrogens (tertiary/aromatic N) is 1. The van der Waals surface area contributed by atoms with Gasteiger partial charge in [-0.15, -0.1) is 11.3 Å². The number of hydrogen-bond acceptors (Lipinski definition) is 3. The van der Waals surface area contributed by atoms with Gasteiger partial charge in [-0.3, -0.25) is 0 Å². The van der Waals surface area contributed by atoms with Gasteiger partial charge < -0.3 is 5.32 Å². The van der Waals surface area contributed by atoms with E-state index >= 15 is 0 Å². The van der Waals surface area contributed by atoms with Crippen molar-refractivity contribution in [2.45, 2.75) is 45.6 Å². The molecule has 1 fully saturated rings. The largest absolute Gasteiger partial charge is 0.313 e. The van der Waals surface area contributed by atoms with Crippen LogP contribution in [0.3, 0.4) is 0 Å². The molecule has 1 aliphatic carbocycles. The van der Waals surface area contributed by atoms with Crippen LogP contribution < -0.4 is 5.32 Å². The van der Waals surface area contributed by atoms with Gasteiger partial charge in [0.15, 0.2) is 0 Å². The Kier molecular flexibility index (Phi) is 3.42. The lowest BCUT2D eigenvalue weighted by molar-refractivity contribution is 0.476. The third kappa shape index (κ3) is 3.02. The van der Waals surface area contributed by atoms with Crippen LogP contribution in [0.15, 0.2) is 6.20 Å². The van der Waals surface area contributed by atoms with E-state index in [9.17, 15) is 0 Å². The average molecular weight is 224 g/mol. The highest BCUT2D eigenvalue weighted by atomic mass is 32.1. The molecule has 0 aromatic carbocycles. The Bertz CT molecular complexity index is 317. The van der Waals surface area contributed by atoms with E-state index in [1.165, 1.54) is 22.7 Å². The highest BCUT2D eigenvalue weighted by Crippen LogP contribution is 2.32. The third-order valence-electron chi connectivity index (χ3n) is 3.14. The van der Waals surface area contributed by atoms with Gasteiger partial charge in [0.2, 0.25) is 0 Å². The van der Waals surface area contributed by atoms with Crippen molar-refractivity contribution < 1.29 is 0 Å². The summed E-state index contributed by atoms with van der Waals surface area (Å²) >= 11 is 1.82. The zero-order valence-electron chi connectivity index (χ0n) is 9.79. The zero-order chi connectivity index (χ0) is 10.8. The molecule has 0 saturated heterocycles. The molecule has 1 N–H and O–H groups in total. The molecule has 1 aliphatic rings. The lowest BCUT2D eigenvalue weighted by Crippen LogP contribution is -2.31. The molecule has 15 heavy (non-hydrogen) atoms. The maximum absolute atomic E-state index is 4.43. The summed E-state index contributed by atoms with van der Waals surface area (Å²) in [6, 6.07) is 0.688. The highest BCUT2D eigenvalue weighted by molar-refractivity contribution is 7.11. The molecule has 1 heterocycles. The average Bonchev–Trinajstić information content (AvgIpc) is 2.97. The first-order valence-electron chi connectivity index (χ1n) is 5.82. The molecule has 3 heteroatoms. The topological polar surface area (TPSA) is 24.9 Å². The Morgan fingerprint density at radius 1 is 1.53 bits per heavy atom. The summed E-state index contributed by atoms with van der Waals surface area (Å²) in [4.78, 5) is 5.74. The first kappa shape index (κ1) is 11.1. The van der Waals surface area contributed by atoms with Gasteiger partial charge in [0.05, 0.1) is 5.01 Å². The van der Waals surface area contributed by atoms with Gasteiger partial charge in [-0.25, -0.2) is 4.98 Å². The number of hydrogen-bond donors (Lipinski definition) is 1. The second-order valence-corrected chi connectivity index (χ2v) is 6.01. The van der Waals surface area contributed by atoms with Gasteiger partial charge in [-0.05, 0) is 32.6 Å².